The van der Waals surface area contributed by atoms with Gasteiger partial charge >= 0.3 is 0 Å². The van der Waals surface area contributed by atoms with Gasteiger partial charge in [0.15, 0.2) is 0 Å². The number of carbonyl (C=O) groups excluding carboxylic acids is 1. The van der Waals surface area contributed by atoms with Crippen LogP contribution in [-0.2, 0) is 4.79 Å². The number of hydrogen-bond acceptors (Lipinski definition) is 3. The molecule has 2 heterocycles. The molecule has 2 saturated heterocycles. The van der Waals surface area contributed by atoms with Crippen LogP contribution in [0.3, 0.4) is 0 Å². The van der Waals surface area contributed by atoms with E-state index in [1.807, 2.05) is 4.90 Å². The minimum atomic E-state index is -0.194. The van der Waals surface area contributed by atoms with Crippen molar-refractivity contribution in [2.24, 2.45) is 5.92 Å². The summed E-state index contributed by atoms with van der Waals surface area (Å²) in [5.41, 5.74) is 0. The molecule has 2 rings (SSSR count). The number of amides is 1. The second-order valence-electron chi connectivity index (χ2n) is 4.25. The number of hydrogen-bond donors (Lipinski definition) is 2. The van der Waals surface area contributed by atoms with Gasteiger partial charge < -0.3 is 15.3 Å². The lowest BCUT2D eigenvalue weighted by molar-refractivity contribution is -0.136. The zero-order valence-corrected chi connectivity index (χ0v) is 8.41. The molecule has 2 aliphatic heterocycles. The molecule has 2 N–H and O–H groups in total. The highest BCUT2D eigenvalue weighted by molar-refractivity contribution is 5.79. The molecule has 0 aromatic carbocycles. The number of nitrogens with one attached hydrogen (secondary N) is 1. The van der Waals surface area contributed by atoms with Gasteiger partial charge in [0.2, 0.25) is 5.91 Å². The molecular weight excluding hydrogens is 180 g/mol. The fraction of sp³-hybridized carbons (Fsp3) is 0.900. The van der Waals surface area contributed by atoms with Crippen LogP contribution in [0.25, 0.3) is 0 Å². The van der Waals surface area contributed by atoms with Crippen molar-refractivity contribution in [3.05, 3.63) is 0 Å². The highest BCUT2D eigenvalue weighted by Crippen LogP contribution is 2.16. The topological polar surface area (TPSA) is 52.6 Å². The van der Waals surface area contributed by atoms with Crippen LogP contribution < -0.4 is 5.32 Å². The first-order valence-corrected chi connectivity index (χ1v) is 5.45. The fourth-order valence-corrected chi connectivity index (χ4v) is 2.21. The van der Waals surface area contributed by atoms with Crippen molar-refractivity contribution in [3.63, 3.8) is 0 Å². The summed E-state index contributed by atoms with van der Waals surface area (Å²) >= 11 is 0. The summed E-state index contributed by atoms with van der Waals surface area (Å²) in [6, 6.07) is 0. The predicted octanol–water partition coefficient (Wildman–Crippen LogP) is -0.421. The highest BCUT2D eigenvalue weighted by Gasteiger charge is 2.29. The summed E-state index contributed by atoms with van der Waals surface area (Å²) in [6.07, 6.45) is 2.26. The van der Waals surface area contributed by atoms with Gasteiger partial charge in [0.05, 0.1) is 12.0 Å². The summed E-state index contributed by atoms with van der Waals surface area (Å²) in [7, 11) is 0. The zero-order valence-electron chi connectivity index (χ0n) is 8.41. The van der Waals surface area contributed by atoms with Crippen molar-refractivity contribution in [1.29, 1.82) is 0 Å². The third-order valence-corrected chi connectivity index (χ3v) is 3.19. The van der Waals surface area contributed by atoms with Crippen LogP contribution in [0.15, 0.2) is 0 Å². The van der Waals surface area contributed by atoms with Crippen LogP contribution in [0.2, 0.25) is 0 Å². The lowest BCUT2D eigenvalue weighted by Crippen LogP contribution is -2.43. The van der Waals surface area contributed by atoms with Gasteiger partial charge in [0, 0.05) is 19.6 Å². The predicted molar refractivity (Wildman–Crippen MR) is 52.8 cm³/mol. The quantitative estimate of drug-likeness (QED) is 0.601. The highest BCUT2D eigenvalue weighted by atomic mass is 16.3. The van der Waals surface area contributed by atoms with E-state index in [-0.39, 0.29) is 17.9 Å². The Morgan fingerprint density at radius 1 is 1.29 bits per heavy atom. The fourth-order valence-electron chi connectivity index (χ4n) is 2.21. The second-order valence-corrected chi connectivity index (χ2v) is 4.25. The zero-order chi connectivity index (χ0) is 9.97. The third-order valence-electron chi connectivity index (χ3n) is 3.19. The Bertz CT molecular complexity index is 206. The lowest BCUT2D eigenvalue weighted by Gasteiger charge is -2.31. The van der Waals surface area contributed by atoms with Gasteiger partial charge in [0.25, 0.3) is 0 Å². The van der Waals surface area contributed by atoms with Gasteiger partial charge in [-0.3, -0.25) is 4.79 Å². The van der Waals surface area contributed by atoms with E-state index in [9.17, 15) is 9.90 Å². The minimum Gasteiger partial charge on any atom is -0.393 e. The normalized spacial score (nSPS) is 29.5. The minimum absolute atomic E-state index is 0.185. The summed E-state index contributed by atoms with van der Waals surface area (Å²) in [6.45, 7) is 3.26. The van der Waals surface area contributed by atoms with Gasteiger partial charge in [-0.15, -0.1) is 0 Å². The molecule has 1 amide bonds. The summed E-state index contributed by atoms with van der Waals surface area (Å²) in [4.78, 5) is 13.8. The Labute approximate surface area is 84.3 Å². The Kier molecular flexibility index (Phi) is 3.03. The number of carbonyl (C=O) groups is 1. The first-order valence-electron chi connectivity index (χ1n) is 5.45. The van der Waals surface area contributed by atoms with Crippen molar-refractivity contribution >= 4 is 5.91 Å². The summed E-state index contributed by atoms with van der Waals surface area (Å²) in [5.74, 6) is 0.465. The van der Waals surface area contributed by atoms with E-state index in [0.29, 0.717) is 0 Å². The standard InChI is InChI=1S/C10H18N2O2/c13-9-2-5-12(6-3-9)10(14)8-1-4-11-7-8/h8-9,11,13H,1-7H2/t8-/m0/s1. The number of rotatable bonds is 1. The van der Waals surface area contributed by atoms with Gasteiger partial charge in [-0.25, -0.2) is 0 Å². The van der Waals surface area contributed by atoms with Crippen LogP contribution in [-0.4, -0.2) is 48.2 Å². The number of nitrogens with zero attached hydrogens (tertiary/aromatic N) is 1. The largest absolute Gasteiger partial charge is 0.393 e. The summed E-state index contributed by atoms with van der Waals surface area (Å²) < 4.78 is 0. The lowest BCUT2D eigenvalue weighted by atomic mass is 10.0. The van der Waals surface area contributed by atoms with E-state index < -0.39 is 0 Å². The molecule has 0 aromatic heterocycles. The molecular formula is C10H18N2O2. The van der Waals surface area contributed by atoms with Gasteiger partial charge in [-0.1, -0.05) is 0 Å². The van der Waals surface area contributed by atoms with Crippen molar-refractivity contribution in [2.45, 2.75) is 25.4 Å². The van der Waals surface area contributed by atoms with E-state index in [2.05, 4.69) is 5.32 Å². The second kappa shape index (κ2) is 4.28. The molecule has 1 atom stereocenters. The number of aliphatic hydroxyl groups excluding tert-OH is 1. The molecule has 0 bridgehead atoms. The molecule has 4 heteroatoms. The van der Waals surface area contributed by atoms with Crippen molar-refractivity contribution in [1.82, 2.24) is 10.2 Å². The van der Waals surface area contributed by atoms with Crippen molar-refractivity contribution in [2.75, 3.05) is 26.2 Å². The van der Waals surface area contributed by atoms with Crippen molar-refractivity contribution < 1.29 is 9.90 Å². The molecule has 0 radical (unpaired) electrons. The SMILES string of the molecule is O=C([C@H]1CCNC1)N1CCC(O)CC1. The van der Waals surface area contributed by atoms with Crippen LogP contribution in [0, 0.1) is 5.92 Å². The molecule has 0 saturated carbocycles. The van der Waals surface area contributed by atoms with Crippen LogP contribution in [0.4, 0.5) is 0 Å². The van der Waals surface area contributed by atoms with Gasteiger partial charge in [-0.2, -0.15) is 0 Å². The average molecular weight is 198 g/mol. The first-order chi connectivity index (χ1) is 6.77. The van der Waals surface area contributed by atoms with Gasteiger partial charge in [-0.05, 0) is 25.8 Å². The third kappa shape index (κ3) is 2.07. The van der Waals surface area contributed by atoms with Crippen LogP contribution in [0.5, 0.6) is 0 Å². The monoisotopic (exact) mass is 198 g/mol. The molecule has 80 valence electrons. The van der Waals surface area contributed by atoms with Crippen molar-refractivity contribution in [3.8, 4) is 0 Å². The number of likely N-dealkylation sites (tertiary alicyclic amines) is 1. The summed E-state index contributed by atoms with van der Waals surface area (Å²) in [5, 5.41) is 12.5. The molecule has 2 aliphatic rings. The molecule has 0 aliphatic carbocycles. The average Bonchev–Trinajstić information content (AvgIpc) is 2.71. The molecule has 0 aromatic rings. The number of piperidine rings is 1. The maximum Gasteiger partial charge on any atom is 0.227 e. The van der Waals surface area contributed by atoms with Gasteiger partial charge in [0.1, 0.15) is 0 Å². The molecule has 0 spiro atoms. The van der Waals surface area contributed by atoms with Crippen LogP contribution in [0.1, 0.15) is 19.3 Å². The van der Waals surface area contributed by atoms with E-state index in [0.717, 1.165) is 45.4 Å². The maximum absolute atomic E-state index is 11.9. The Hall–Kier alpha value is -0.610. The Balaban J connectivity index is 1.85. The van der Waals surface area contributed by atoms with Crippen LogP contribution >= 0.6 is 0 Å². The van der Waals surface area contributed by atoms with E-state index >= 15 is 0 Å². The molecule has 4 nitrogen and oxygen atoms in total. The molecule has 2 fully saturated rings. The maximum atomic E-state index is 11.9. The van der Waals surface area contributed by atoms with E-state index in [1.54, 1.807) is 0 Å². The van der Waals surface area contributed by atoms with E-state index in [1.165, 1.54) is 0 Å². The smallest absolute Gasteiger partial charge is 0.227 e. The Morgan fingerprint density at radius 2 is 2.00 bits per heavy atom. The molecule has 14 heavy (non-hydrogen) atoms. The molecule has 0 unspecified atom stereocenters. The Morgan fingerprint density at radius 3 is 2.57 bits per heavy atom. The van der Waals surface area contributed by atoms with E-state index in [4.69, 9.17) is 0 Å². The first kappa shape index (κ1) is 9.93. The number of aliphatic hydroxyl groups is 1.